The minimum atomic E-state index is -0.257. The molecule has 3 heteroatoms. The molecule has 0 radical (unpaired) electrons. The molecule has 0 spiro atoms. The van der Waals surface area contributed by atoms with E-state index in [1.807, 2.05) is 30.5 Å². The van der Waals surface area contributed by atoms with E-state index in [4.69, 9.17) is 4.74 Å². The van der Waals surface area contributed by atoms with E-state index in [2.05, 4.69) is 57.2 Å². The highest BCUT2D eigenvalue weighted by Crippen LogP contribution is 2.33. The van der Waals surface area contributed by atoms with E-state index in [1.54, 1.807) is 4.90 Å². The van der Waals surface area contributed by atoms with Crippen molar-refractivity contribution >= 4 is 11.7 Å². The van der Waals surface area contributed by atoms with Gasteiger partial charge in [0.15, 0.2) is 0 Å². The number of amides is 1. The second kappa shape index (κ2) is 7.56. The molecule has 0 N–H and O–H groups in total. The van der Waals surface area contributed by atoms with Crippen LogP contribution in [0.5, 0.6) is 0 Å². The Morgan fingerprint density at radius 2 is 1.64 bits per heavy atom. The van der Waals surface area contributed by atoms with Crippen LogP contribution in [0.1, 0.15) is 37.8 Å². The zero-order chi connectivity index (χ0) is 17.8. The molecule has 1 aliphatic rings. The normalized spacial score (nSPS) is 19.2. The van der Waals surface area contributed by atoms with Gasteiger partial charge in [-0.15, -0.1) is 0 Å². The average Bonchev–Trinajstić information content (AvgIpc) is 3.01. The zero-order valence-electron chi connectivity index (χ0n) is 15.1. The fourth-order valence-corrected chi connectivity index (χ4v) is 3.25. The number of rotatable bonds is 5. The lowest BCUT2D eigenvalue weighted by atomic mass is 9.88. The molecule has 2 atom stereocenters. The van der Waals surface area contributed by atoms with E-state index in [0.29, 0.717) is 12.5 Å². The molecule has 1 fully saturated rings. The monoisotopic (exact) mass is 335 g/mol. The quantitative estimate of drug-likeness (QED) is 0.741. The van der Waals surface area contributed by atoms with Gasteiger partial charge in [0.2, 0.25) is 0 Å². The summed E-state index contributed by atoms with van der Waals surface area (Å²) in [6.07, 6.45) is 1.74. The van der Waals surface area contributed by atoms with Gasteiger partial charge < -0.3 is 4.74 Å². The molecule has 3 nitrogen and oxygen atoms in total. The zero-order valence-corrected chi connectivity index (χ0v) is 15.1. The van der Waals surface area contributed by atoms with Gasteiger partial charge in [0.1, 0.15) is 6.61 Å². The van der Waals surface area contributed by atoms with Crippen LogP contribution in [0.2, 0.25) is 0 Å². The average molecular weight is 335 g/mol. The van der Waals surface area contributed by atoms with E-state index in [-0.39, 0.29) is 18.1 Å². The fraction of sp³-hybridized carbons (Fsp3) is 0.318. The highest BCUT2D eigenvalue weighted by Gasteiger charge is 2.34. The van der Waals surface area contributed by atoms with Gasteiger partial charge in [-0.1, -0.05) is 81.4 Å². The number of carbonyl (C=O) groups is 1. The van der Waals surface area contributed by atoms with Crippen LogP contribution >= 0.6 is 0 Å². The Kier molecular flexibility index (Phi) is 5.22. The molecule has 0 aliphatic carbocycles. The van der Waals surface area contributed by atoms with Gasteiger partial charge in [-0.2, -0.15) is 0 Å². The molecule has 1 heterocycles. The lowest BCUT2D eigenvalue weighted by molar-refractivity contribution is 0.166. The van der Waals surface area contributed by atoms with Crippen LogP contribution in [0.15, 0.2) is 66.9 Å². The number of allylic oxidation sites excluding steroid dienone is 1. The highest BCUT2D eigenvalue weighted by molar-refractivity contribution is 5.77. The van der Waals surface area contributed by atoms with Crippen molar-refractivity contribution in [3.8, 4) is 0 Å². The van der Waals surface area contributed by atoms with Crippen LogP contribution in [0.4, 0.5) is 4.79 Å². The molecule has 0 bridgehead atoms. The van der Waals surface area contributed by atoms with Crippen molar-refractivity contribution < 1.29 is 9.53 Å². The molecule has 0 aromatic heterocycles. The number of nitrogens with zero attached hydrogens (tertiary/aromatic N) is 1. The van der Waals surface area contributed by atoms with Gasteiger partial charge in [0.25, 0.3) is 0 Å². The third-order valence-corrected chi connectivity index (χ3v) is 4.87. The summed E-state index contributed by atoms with van der Waals surface area (Å²) in [6, 6.07) is 20.7. The minimum absolute atomic E-state index is 0.0779. The predicted octanol–water partition coefficient (Wildman–Crippen LogP) is 5.31. The van der Waals surface area contributed by atoms with Crippen LogP contribution in [-0.4, -0.2) is 23.6 Å². The van der Waals surface area contributed by atoms with Gasteiger partial charge in [0, 0.05) is 12.1 Å². The topological polar surface area (TPSA) is 29.5 Å². The largest absolute Gasteiger partial charge is 0.447 e. The molecular formula is C22H25NO2. The number of hydrogen-bond donors (Lipinski definition) is 0. The lowest BCUT2D eigenvalue weighted by Gasteiger charge is -2.25. The van der Waals surface area contributed by atoms with Gasteiger partial charge >= 0.3 is 6.09 Å². The second-order valence-electron chi connectivity index (χ2n) is 6.88. The first-order chi connectivity index (χ1) is 12.1. The fourth-order valence-electron chi connectivity index (χ4n) is 3.25. The Morgan fingerprint density at radius 1 is 1.04 bits per heavy atom. The molecule has 3 rings (SSSR count). The molecule has 2 aromatic carbocycles. The Labute approximate surface area is 149 Å². The van der Waals surface area contributed by atoms with E-state index in [9.17, 15) is 4.79 Å². The molecule has 1 saturated heterocycles. The summed E-state index contributed by atoms with van der Waals surface area (Å²) >= 11 is 0. The smallest absolute Gasteiger partial charge is 0.414 e. The van der Waals surface area contributed by atoms with E-state index in [1.165, 1.54) is 5.56 Å². The van der Waals surface area contributed by atoms with Crippen molar-refractivity contribution in [3.05, 3.63) is 78.0 Å². The van der Waals surface area contributed by atoms with Crippen LogP contribution in [0, 0.1) is 5.92 Å². The van der Waals surface area contributed by atoms with Crippen molar-refractivity contribution in [2.24, 2.45) is 5.92 Å². The van der Waals surface area contributed by atoms with E-state index >= 15 is 0 Å². The molecule has 130 valence electrons. The molecular weight excluding hydrogens is 310 g/mol. The maximum atomic E-state index is 12.3. The van der Waals surface area contributed by atoms with Crippen LogP contribution in [-0.2, 0) is 4.74 Å². The third kappa shape index (κ3) is 3.76. The van der Waals surface area contributed by atoms with Crippen molar-refractivity contribution in [2.45, 2.75) is 32.7 Å². The standard InChI is InChI=1S/C22H25NO2/c1-16(2)21-15-25-22(24)23(21)14-20(19-12-8-5-9-13-19)17(3)18-10-6-4-7-11-18/h4-14,16-17,21H,15H2,1-3H3/b20-14+/t17-,21+/m0/s1. The van der Waals surface area contributed by atoms with Crippen LogP contribution < -0.4 is 0 Å². The van der Waals surface area contributed by atoms with Crippen molar-refractivity contribution in [1.29, 1.82) is 0 Å². The summed E-state index contributed by atoms with van der Waals surface area (Å²) in [4.78, 5) is 14.0. The number of hydrogen-bond acceptors (Lipinski definition) is 2. The van der Waals surface area contributed by atoms with Crippen molar-refractivity contribution in [1.82, 2.24) is 4.90 Å². The van der Waals surface area contributed by atoms with E-state index < -0.39 is 0 Å². The van der Waals surface area contributed by atoms with Crippen molar-refractivity contribution in [2.75, 3.05) is 6.61 Å². The first kappa shape index (κ1) is 17.3. The molecule has 2 aromatic rings. The molecule has 25 heavy (non-hydrogen) atoms. The summed E-state index contributed by atoms with van der Waals surface area (Å²) < 4.78 is 5.30. The highest BCUT2D eigenvalue weighted by atomic mass is 16.6. The minimum Gasteiger partial charge on any atom is -0.447 e. The van der Waals surface area contributed by atoms with Crippen LogP contribution in [0.3, 0.4) is 0 Å². The third-order valence-electron chi connectivity index (χ3n) is 4.87. The summed E-state index contributed by atoms with van der Waals surface area (Å²) in [5.74, 6) is 0.511. The van der Waals surface area contributed by atoms with Gasteiger partial charge in [-0.25, -0.2) is 4.79 Å². The molecule has 1 amide bonds. The SMILES string of the molecule is CC(C)[C@H]1COC(=O)N1/C=C(/c1ccccc1)[C@@H](C)c1ccccc1. The summed E-state index contributed by atoms with van der Waals surface area (Å²) in [5.41, 5.74) is 3.48. The lowest BCUT2D eigenvalue weighted by Crippen LogP contribution is -2.33. The van der Waals surface area contributed by atoms with Gasteiger partial charge in [0.05, 0.1) is 6.04 Å². The summed E-state index contributed by atoms with van der Waals surface area (Å²) in [7, 11) is 0. The Balaban J connectivity index is 2.03. The molecule has 0 unspecified atom stereocenters. The second-order valence-corrected chi connectivity index (χ2v) is 6.88. The number of cyclic esters (lactones) is 1. The Bertz CT molecular complexity index is 737. The van der Waals surface area contributed by atoms with Gasteiger partial charge in [-0.3, -0.25) is 4.90 Å². The summed E-state index contributed by atoms with van der Waals surface area (Å²) in [5, 5.41) is 0. The first-order valence-corrected chi connectivity index (χ1v) is 8.85. The number of benzene rings is 2. The van der Waals surface area contributed by atoms with E-state index in [0.717, 1.165) is 11.1 Å². The Hall–Kier alpha value is -2.55. The van der Waals surface area contributed by atoms with Crippen LogP contribution in [0.25, 0.3) is 5.57 Å². The number of ether oxygens (including phenoxy) is 1. The molecule has 0 saturated carbocycles. The Morgan fingerprint density at radius 3 is 2.24 bits per heavy atom. The van der Waals surface area contributed by atoms with Crippen molar-refractivity contribution in [3.63, 3.8) is 0 Å². The molecule has 1 aliphatic heterocycles. The van der Waals surface area contributed by atoms with Gasteiger partial charge in [-0.05, 0) is 22.6 Å². The maximum Gasteiger partial charge on any atom is 0.414 e. The number of carbonyl (C=O) groups excluding carboxylic acids is 1. The summed E-state index contributed by atoms with van der Waals surface area (Å²) in [6.45, 7) is 6.88. The first-order valence-electron chi connectivity index (χ1n) is 8.85. The predicted molar refractivity (Wildman–Crippen MR) is 101 cm³/mol. The maximum absolute atomic E-state index is 12.3.